The maximum atomic E-state index is 12.3. The summed E-state index contributed by atoms with van der Waals surface area (Å²) >= 11 is 0. The summed E-state index contributed by atoms with van der Waals surface area (Å²) in [6.07, 6.45) is -65.7. The maximum absolute atomic E-state index is 12.3. The van der Waals surface area contributed by atoms with E-state index in [2.05, 4.69) is 0 Å². The lowest BCUT2D eigenvalue weighted by Gasteiger charge is -2.49. The number of carboxylic acids is 3. The largest absolute Gasteiger partial charge is 0.479 e. The first-order valence-corrected chi connectivity index (χ1v) is 21.1. The first-order chi connectivity index (χ1) is 32.9. The third-order valence-electron chi connectivity index (χ3n) is 12.3. The molecular weight excluding hydrogens is 976 g/mol. The van der Waals surface area contributed by atoms with Gasteiger partial charge < -0.3 is 154 Å². The van der Waals surface area contributed by atoms with Crippen molar-refractivity contribution in [3.63, 3.8) is 0 Å². The van der Waals surface area contributed by atoms with E-state index in [4.69, 9.17) is 52.1 Å². The molecule has 0 aliphatic carbocycles. The van der Waals surface area contributed by atoms with E-state index in [-0.39, 0.29) is 0 Å². The minimum absolute atomic E-state index is 0.978. The molecule has 0 aromatic heterocycles. The molecule has 6 saturated heterocycles. The third kappa shape index (κ3) is 11.2. The lowest BCUT2D eigenvalue weighted by molar-refractivity contribution is -0.393. The molecule has 6 rings (SSSR count). The summed E-state index contributed by atoms with van der Waals surface area (Å²) in [5, 5.41) is 209. The molecule has 0 saturated carbocycles. The number of hydrogen-bond acceptors (Lipinski definition) is 31. The number of ether oxygens (including phenoxy) is 11. The van der Waals surface area contributed by atoms with Crippen LogP contribution in [-0.4, -0.2) is 324 Å². The number of carbonyl (C=O) groups is 3. The minimum atomic E-state index is -2.43. The Bertz CT molecular complexity index is 1740. The molecule has 6 heterocycles. The van der Waals surface area contributed by atoms with E-state index in [1.54, 1.807) is 0 Å². The Kier molecular flexibility index (Phi) is 18.8. The molecule has 6 aliphatic heterocycles. The predicted molar refractivity (Wildman–Crippen MR) is 201 cm³/mol. The molecule has 0 bridgehead atoms. The molecule has 0 aromatic rings. The average Bonchev–Trinajstić information content (AvgIpc) is 3.31. The van der Waals surface area contributed by atoms with E-state index in [0.29, 0.717) is 0 Å². The Labute approximate surface area is 390 Å². The smallest absolute Gasteiger partial charge is 0.335 e. The zero-order chi connectivity index (χ0) is 52.0. The van der Waals surface area contributed by atoms with Gasteiger partial charge in [-0.1, -0.05) is 0 Å². The number of aliphatic hydroxyl groups excluding tert-OH is 17. The normalized spacial score (nSPS) is 51.4. The molecule has 30 atom stereocenters. The zero-order valence-corrected chi connectivity index (χ0v) is 35.6. The fourth-order valence-corrected chi connectivity index (χ4v) is 8.47. The van der Waals surface area contributed by atoms with Crippen molar-refractivity contribution < 1.29 is 169 Å². The molecule has 6 aliphatic rings. The van der Waals surface area contributed by atoms with Gasteiger partial charge in [0.2, 0.25) is 0 Å². The summed E-state index contributed by atoms with van der Waals surface area (Å²) in [5.41, 5.74) is 0. The molecule has 0 aromatic carbocycles. The third-order valence-corrected chi connectivity index (χ3v) is 12.3. The van der Waals surface area contributed by atoms with Crippen molar-refractivity contribution in [3.05, 3.63) is 0 Å². The lowest BCUT2D eigenvalue weighted by atomic mass is 9.95. The summed E-state index contributed by atoms with van der Waals surface area (Å²) in [5.74, 6) is -5.67. The number of aliphatic hydroxyl groups is 17. The van der Waals surface area contributed by atoms with Gasteiger partial charge in [0.25, 0.3) is 0 Å². The van der Waals surface area contributed by atoms with Crippen LogP contribution in [0.3, 0.4) is 0 Å². The van der Waals surface area contributed by atoms with E-state index in [9.17, 15) is 117 Å². The SMILES string of the molecule is O=C(O)[C@H]1O[C@@H](O[C@H]2[C@H](O)[C@@H](O)[C@H](O[C@H]3[C@@H](O)[C@H](O[C@H]4[C@H](O)[C@@H](O)[C@H](O[C@@H]5[C@@H](O)[C@H](O[C@H]6[C@H](O)[C@@H](O)C(O)O[C@@H]6CO)O[C@H](C(=O)O)[C@H]5O)O[C@@H]4CO)O[C@H](C(=O)O)[C@H]3O)O[C@@H]2CO)[C@H](O)[C@@H](O)[C@@H]1O. The molecule has 70 heavy (non-hydrogen) atoms. The molecule has 0 spiro atoms. The van der Waals surface area contributed by atoms with Crippen molar-refractivity contribution in [3.8, 4) is 0 Å². The van der Waals surface area contributed by atoms with Gasteiger partial charge in [0, 0.05) is 0 Å². The van der Waals surface area contributed by atoms with Crippen molar-refractivity contribution >= 4 is 17.9 Å². The van der Waals surface area contributed by atoms with E-state index in [1.807, 2.05) is 0 Å². The van der Waals surface area contributed by atoms with Crippen molar-refractivity contribution in [2.45, 2.75) is 184 Å². The van der Waals surface area contributed by atoms with Crippen LogP contribution in [0.25, 0.3) is 0 Å². The second kappa shape index (κ2) is 23.2. The number of rotatable bonds is 16. The fraction of sp³-hybridized carbons (Fsp3) is 0.917. The Morgan fingerprint density at radius 3 is 0.914 bits per heavy atom. The van der Waals surface area contributed by atoms with E-state index < -0.39 is 222 Å². The summed E-state index contributed by atoms with van der Waals surface area (Å²) in [4.78, 5) is 35.9. The molecule has 6 fully saturated rings. The van der Waals surface area contributed by atoms with E-state index in [0.717, 1.165) is 0 Å². The Hall–Kier alpha value is -2.71. The number of hydrogen-bond donors (Lipinski definition) is 20. The van der Waals surface area contributed by atoms with Gasteiger partial charge in [-0.3, -0.25) is 0 Å². The van der Waals surface area contributed by atoms with Crippen molar-refractivity contribution in [2.75, 3.05) is 19.8 Å². The molecular formula is C36H56O34. The van der Waals surface area contributed by atoms with Gasteiger partial charge in [0.05, 0.1) is 19.8 Å². The summed E-state index contributed by atoms with van der Waals surface area (Å²) < 4.78 is 58.7. The average molecular weight is 1030 g/mol. The van der Waals surface area contributed by atoms with Crippen LogP contribution >= 0.6 is 0 Å². The highest BCUT2D eigenvalue weighted by molar-refractivity contribution is 5.74. The van der Waals surface area contributed by atoms with Gasteiger partial charge in [-0.15, -0.1) is 0 Å². The summed E-state index contributed by atoms with van der Waals surface area (Å²) in [6.45, 7) is -3.31. The Balaban J connectivity index is 1.15. The first-order valence-electron chi connectivity index (χ1n) is 21.1. The van der Waals surface area contributed by atoms with Crippen LogP contribution in [0, 0.1) is 0 Å². The van der Waals surface area contributed by atoms with Gasteiger partial charge >= 0.3 is 17.9 Å². The molecule has 34 nitrogen and oxygen atoms in total. The molecule has 1 unspecified atom stereocenters. The molecule has 404 valence electrons. The highest BCUT2D eigenvalue weighted by Gasteiger charge is 2.59. The minimum Gasteiger partial charge on any atom is -0.479 e. The Morgan fingerprint density at radius 1 is 0.300 bits per heavy atom. The number of carboxylic acid groups (broad SMARTS) is 3. The topological polar surface area (TPSA) is 557 Å². The van der Waals surface area contributed by atoms with Crippen LogP contribution in [-0.2, 0) is 66.5 Å². The molecule has 20 N–H and O–H groups in total. The lowest BCUT2D eigenvalue weighted by Crippen LogP contribution is -2.69. The summed E-state index contributed by atoms with van der Waals surface area (Å²) in [6, 6.07) is 0. The van der Waals surface area contributed by atoms with Crippen LogP contribution in [0.5, 0.6) is 0 Å². The van der Waals surface area contributed by atoms with Crippen molar-refractivity contribution in [1.82, 2.24) is 0 Å². The van der Waals surface area contributed by atoms with Crippen LogP contribution < -0.4 is 0 Å². The van der Waals surface area contributed by atoms with E-state index >= 15 is 0 Å². The van der Waals surface area contributed by atoms with Gasteiger partial charge in [-0.25, -0.2) is 14.4 Å². The highest BCUT2D eigenvalue weighted by atomic mass is 16.8. The fourth-order valence-electron chi connectivity index (χ4n) is 8.47. The van der Waals surface area contributed by atoms with Gasteiger partial charge in [-0.2, -0.15) is 0 Å². The van der Waals surface area contributed by atoms with Crippen molar-refractivity contribution in [2.24, 2.45) is 0 Å². The van der Waals surface area contributed by atoms with Crippen molar-refractivity contribution in [1.29, 1.82) is 0 Å². The highest BCUT2D eigenvalue weighted by Crippen LogP contribution is 2.37. The van der Waals surface area contributed by atoms with Crippen LogP contribution in [0.2, 0.25) is 0 Å². The second-order valence-corrected chi connectivity index (χ2v) is 16.9. The van der Waals surface area contributed by atoms with E-state index in [1.165, 1.54) is 0 Å². The molecule has 34 heteroatoms. The van der Waals surface area contributed by atoms with Gasteiger partial charge in [0.1, 0.15) is 128 Å². The molecule has 0 amide bonds. The maximum Gasteiger partial charge on any atom is 0.335 e. The summed E-state index contributed by atoms with van der Waals surface area (Å²) in [7, 11) is 0. The van der Waals surface area contributed by atoms with Crippen LogP contribution in [0.1, 0.15) is 0 Å². The second-order valence-electron chi connectivity index (χ2n) is 16.9. The first kappa shape index (κ1) is 56.6. The Morgan fingerprint density at radius 2 is 0.571 bits per heavy atom. The standard InChI is InChI=1S/C36H56O34/c37-1-4-20(9(42)12(45)31(59)60-4)64-35-18(51)23(16(49)26(69-35)29(55)56)66-33-15(48)11(44)22(6(3-39)62-33)65-36-19(52)24(17(50)27(70-36)30(57)58)67-32-14(47)10(43)21(5(2-38)61-32)63-34-13(46)7(40)8(41)25(68-34)28(53)54/h4-27,31-52,59H,1-3H2,(H,53,54)(H,55,56)(H,57,58)/t4-,5-,6-,7+,8+,9-,10-,11-,12-,13-,14-,15-,16+,17+,18-,19-,20-,21-,22-,23+,24-,25+,26+,27+,31?,32+,33+,34-,35-,36-/m1/s1. The van der Waals surface area contributed by atoms with Crippen LogP contribution in [0.4, 0.5) is 0 Å². The zero-order valence-electron chi connectivity index (χ0n) is 35.6. The van der Waals surface area contributed by atoms with Gasteiger partial charge in [0.15, 0.2) is 56.1 Å². The van der Waals surface area contributed by atoms with Crippen LogP contribution in [0.15, 0.2) is 0 Å². The monoisotopic (exact) mass is 1030 g/mol. The predicted octanol–water partition coefficient (Wildman–Crippen LogP) is -13.8. The molecule has 0 radical (unpaired) electrons. The van der Waals surface area contributed by atoms with Gasteiger partial charge in [-0.05, 0) is 0 Å². The quantitative estimate of drug-likeness (QED) is 0.0682. The number of aliphatic carboxylic acids is 3.